The number of benzene rings is 1. The lowest BCUT2D eigenvalue weighted by Crippen LogP contribution is -2.47. The minimum Gasteiger partial charge on any atom is -0.347 e. The molecular formula is C19H20ClN3O3. The molecule has 0 atom stereocenters. The smallest absolute Gasteiger partial charge is 0.255 e. The van der Waals surface area contributed by atoms with Crippen LogP contribution in [-0.2, 0) is 9.47 Å². The summed E-state index contributed by atoms with van der Waals surface area (Å²) in [6.45, 7) is 2.53. The van der Waals surface area contributed by atoms with E-state index in [1.165, 1.54) is 0 Å². The van der Waals surface area contributed by atoms with Crippen molar-refractivity contribution in [3.8, 4) is 0 Å². The van der Waals surface area contributed by atoms with Crippen LogP contribution in [0.25, 0.3) is 0 Å². The number of piperidine rings is 1. The highest BCUT2D eigenvalue weighted by molar-refractivity contribution is 6.30. The number of likely N-dealkylation sites (tertiary alicyclic amines) is 1. The van der Waals surface area contributed by atoms with E-state index in [1.807, 2.05) is 29.2 Å². The average molecular weight is 374 g/mol. The molecule has 0 bridgehead atoms. The van der Waals surface area contributed by atoms with Gasteiger partial charge >= 0.3 is 0 Å². The number of hydrogen-bond donors (Lipinski definition) is 1. The molecule has 1 aromatic carbocycles. The van der Waals surface area contributed by atoms with Crippen molar-refractivity contribution in [2.24, 2.45) is 0 Å². The second-order valence-corrected chi connectivity index (χ2v) is 6.90. The molecule has 6 nitrogen and oxygen atoms in total. The Labute approximate surface area is 157 Å². The van der Waals surface area contributed by atoms with E-state index >= 15 is 0 Å². The fraction of sp³-hybridized carbons (Fsp3) is 0.368. The molecule has 2 aromatic rings. The van der Waals surface area contributed by atoms with Gasteiger partial charge in [0.1, 0.15) is 5.82 Å². The molecule has 1 N–H and O–H groups in total. The van der Waals surface area contributed by atoms with Gasteiger partial charge in [-0.1, -0.05) is 17.7 Å². The summed E-state index contributed by atoms with van der Waals surface area (Å²) in [6.07, 6.45) is 3.02. The van der Waals surface area contributed by atoms with Crippen LogP contribution >= 0.6 is 11.6 Å². The summed E-state index contributed by atoms with van der Waals surface area (Å²) in [7, 11) is 0. The van der Waals surface area contributed by atoms with Crippen LogP contribution in [0.3, 0.4) is 0 Å². The zero-order valence-electron chi connectivity index (χ0n) is 14.3. The molecule has 1 aromatic heterocycles. The SMILES string of the molecule is O=C(c1ccc(Nc2cccc(Cl)c2)nc1)N1CCC2(CC1)OCCO2. The van der Waals surface area contributed by atoms with Gasteiger partial charge in [0, 0.05) is 42.8 Å². The second-order valence-electron chi connectivity index (χ2n) is 6.47. The first kappa shape index (κ1) is 17.3. The van der Waals surface area contributed by atoms with Gasteiger partial charge in [-0.2, -0.15) is 0 Å². The van der Waals surface area contributed by atoms with Crippen molar-refractivity contribution in [3.63, 3.8) is 0 Å². The van der Waals surface area contributed by atoms with Crippen molar-refractivity contribution in [1.29, 1.82) is 0 Å². The van der Waals surface area contributed by atoms with E-state index in [0.717, 1.165) is 5.69 Å². The first-order chi connectivity index (χ1) is 12.6. The minimum absolute atomic E-state index is 0.0142. The number of nitrogens with zero attached hydrogens (tertiary/aromatic N) is 2. The molecule has 0 unspecified atom stereocenters. The monoisotopic (exact) mass is 373 g/mol. The molecule has 1 spiro atoms. The van der Waals surface area contributed by atoms with Crippen molar-refractivity contribution >= 4 is 29.0 Å². The summed E-state index contributed by atoms with van der Waals surface area (Å²) < 4.78 is 11.4. The van der Waals surface area contributed by atoms with Crippen molar-refractivity contribution in [2.75, 3.05) is 31.6 Å². The van der Waals surface area contributed by atoms with Crippen LogP contribution in [0, 0.1) is 0 Å². The summed E-state index contributed by atoms with van der Waals surface area (Å²) >= 11 is 5.98. The Kier molecular flexibility index (Phi) is 4.80. The summed E-state index contributed by atoms with van der Waals surface area (Å²) in [6, 6.07) is 11.0. The van der Waals surface area contributed by atoms with Crippen molar-refractivity contribution < 1.29 is 14.3 Å². The highest BCUT2D eigenvalue weighted by Crippen LogP contribution is 2.31. The second kappa shape index (κ2) is 7.23. The number of ether oxygens (including phenoxy) is 2. The third-order valence-corrected chi connectivity index (χ3v) is 4.97. The van der Waals surface area contributed by atoms with Gasteiger partial charge in [0.15, 0.2) is 5.79 Å². The maximum atomic E-state index is 12.7. The maximum absolute atomic E-state index is 12.7. The number of rotatable bonds is 3. The van der Waals surface area contributed by atoms with E-state index in [1.54, 1.807) is 18.3 Å². The van der Waals surface area contributed by atoms with E-state index in [2.05, 4.69) is 10.3 Å². The van der Waals surface area contributed by atoms with Crippen LogP contribution in [0.2, 0.25) is 5.02 Å². The summed E-state index contributed by atoms with van der Waals surface area (Å²) in [5.74, 6) is 0.175. The molecule has 7 heteroatoms. The number of pyridine rings is 1. The maximum Gasteiger partial charge on any atom is 0.255 e. The Morgan fingerprint density at radius 1 is 1.15 bits per heavy atom. The highest BCUT2D eigenvalue weighted by Gasteiger charge is 2.40. The minimum atomic E-state index is -0.472. The molecule has 0 aliphatic carbocycles. The highest BCUT2D eigenvalue weighted by atomic mass is 35.5. The number of amides is 1. The predicted octanol–water partition coefficient (Wildman–Crippen LogP) is 3.46. The molecule has 3 heterocycles. The molecule has 0 saturated carbocycles. The van der Waals surface area contributed by atoms with E-state index in [-0.39, 0.29) is 5.91 Å². The van der Waals surface area contributed by atoms with Gasteiger partial charge < -0.3 is 19.7 Å². The summed E-state index contributed by atoms with van der Waals surface area (Å²) in [5, 5.41) is 3.82. The molecule has 1 amide bonds. The molecule has 2 saturated heterocycles. The number of nitrogens with one attached hydrogen (secondary N) is 1. The topological polar surface area (TPSA) is 63.7 Å². The van der Waals surface area contributed by atoms with Gasteiger partial charge in [0.25, 0.3) is 5.91 Å². The fourth-order valence-corrected chi connectivity index (χ4v) is 3.52. The standard InChI is InChI=1S/C19H20ClN3O3/c20-15-2-1-3-16(12-15)22-17-5-4-14(13-21-17)18(24)23-8-6-19(7-9-23)25-10-11-26-19/h1-5,12-13H,6-11H2,(H,21,22). The number of aromatic nitrogens is 1. The zero-order chi connectivity index (χ0) is 18.0. The Bertz CT molecular complexity index is 781. The van der Waals surface area contributed by atoms with Gasteiger partial charge in [-0.25, -0.2) is 4.98 Å². The first-order valence-electron chi connectivity index (χ1n) is 8.69. The molecular weight excluding hydrogens is 354 g/mol. The quantitative estimate of drug-likeness (QED) is 0.892. The lowest BCUT2D eigenvalue weighted by atomic mass is 10.0. The van der Waals surface area contributed by atoms with Crippen molar-refractivity contribution in [2.45, 2.75) is 18.6 Å². The van der Waals surface area contributed by atoms with Crippen LogP contribution < -0.4 is 5.32 Å². The van der Waals surface area contributed by atoms with Gasteiger partial charge in [-0.3, -0.25) is 4.79 Å². The van der Waals surface area contributed by atoms with E-state index in [9.17, 15) is 4.79 Å². The summed E-state index contributed by atoms with van der Waals surface area (Å²) in [4.78, 5) is 18.9. The molecule has 0 radical (unpaired) electrons. The van der Waals surface area contributed by atoms with E-state index in [0.29, 0.717) is 55.5 Å². The normalized spacial score (nSPS) is 18.9. The van der Waals surface area contributed by atoms with Gasteiger partial charge in [0.2, 0.25) is 0 Å². The zero-order valence-corrected chi connectivity index (χ0v) is 15.0. The number of hydrogen-bond acceptors (Lipinski definition) is 5. The molecule has 4 rings (SSSR count). The van der Waals surface area contributed by atoms with E-state index in [4.69, 9.17) is 21.1 Å². The van der Waals surface area contributed by atoms with Crippen LogP contribution in [0.5, 0.6) is 0 Å². The lowest BCUT2D eigenvalue weighted by molar-refractivity contribution is -0.181. The molecule has 2 fully saturated rings. The molecule has 2 aliphatic heterocycles. The Morgan fingerprint density at radius 3 is 2.58 bits per heavy atom. The van der Waals surface area contributed by atoms with Crippen LogP contribution in [0.1, 0.15) is 23.2 Å². The third-order valence-electron chi connectivity index (χ3n) is 4.73. The number of carbonyl (C=O) groups is 1. The lowest BCUT2D eigenvalue weighted by Gasteiger charge is -2.37. The Hall–Kier alpha value is -2.15. The molecule has 2 aliphatic rings. The van der Waals surface area contributed by atoms with Gasteiger partial charge in [-0.05, 0) is 30.3 Å². The molecule has 136 valence electrons. The largest absolute Gasteiger partial charge is 0.347 e. The average Bonchev–Trinajstić information content (AvgIpc) is 3.11. The number of halogens is 1. The van der Waals surface area contributed by atoms with Crippen LogP contribution in [-0.4, -0.2) is 47.9 Å². The van der Waals surface area contributed by atoms with Gasteiger partial charge in [0.05, 0.1) is 18.8 Å². The number of carbonyl (C=O) groups excluding carboxylic acids is 1. The van der Waals surface area contributed by atoms with Crippen LogP contribution in [0.15, 0.2) is 42.6 Å². The predicted molar refractivity (Wildman–Crippen MR) is 98.7 cm³/mol. The van der Waals surface area contributed by atoms with Crippen molar-refractivity contribution in [1.82, 2.24) is 9.88 Å². The Morgan fingerprint density at radius 2 is 1.92 bits per heavy atom. The van der Waals surface area contributed by atoms with Gasteiger partial charge in [-0.15, -0.1) is 0 Å². The fourth-order valence-electron chi connectivity index (χ4n) is 3.33. The third kappa shape index (κ3) is 3.67. The summed E-state index contributed by atoms with van der Waals surface area (Å²) in [5.41, 5.74) is 1.42. The first-order valence-corrected chi connectivity index (χ1v) is 9.07. The Balaban J connectivity index is 1.38. The van der Waals surface area contributed by atoms with E-state index < -0.39 is 5.79 Å². The van der Waals surface area contributed by atoms with Crippen molar-refractivity contribution in [3.05, 3.63) is 53.2 Å². The molecule has 26 heavy (non-hydrogen) atoms. The van der Waals surface area contributed by atoms with Crippen LogP contribution in [0.4, 0.5) is 11.5 Å². The number of anilines is 2.